The largest absolute Gasteiger partial charge is 0.481 e. The van der Waals surface area contributed by atoms with E-state index in [2.05, 4.69) is 6.42 Å². The average molecular weight is 202 g/mol. The predicted octanol–water partition coefficient (Wildman–Crippen LogP) is 2.24. The second-order valence-corrected chi connectivity index (χ2v) is 2.45. The van der Waals surface area contributed by atoms with Crippen molar-refractivity contribution in [3.63, 3.8) is 0 Å². The van der Waals surface area contributed by atoms with Crippen LogP contribution in [0, 0.1) is 6.42 Å². The molecule has 1 fully saturated rings. The SMILES string of the molecule is CC(=O)O.[CH-]1CCCCC1.[Co]. The number of carboxylic acid groups (broad SMARTS) is 1. The molecule has 1 radical (unpaired) electrons. The maximum absolute atomic E-state index is 9.00. The van der Waals surface area contributed by atoms with Crippen molar-refractivity contribution < 1.29 is 26.7 Å². The molecule has 1 saturated carbocycles. The molecule has 1 rings (SSSR count). The van der Waals surface area contributed by atoms with E-state index in [1.165, 1.54) is 32.1 Å². The maximum atomic E-state index is 9.00. The van der Waals surface area contributed by atoms with E-state index in [1.54, 1.807) is 0 Å². The topological polar surface area (TPSA) is 37.3 Å². The monoisotopic (exact) mass is 202 g/mol. The number of rotatable bonds is 0. The fraction of sp³-hybridized carbons (Fsp3) is 0.750. The summed E-state index contributed by atoms with van der Waals surface area (Å²) in [6.07, 6.45) is 9.50. The molecule has 0 saturated heterocycles. The van der Waals surface area contributed by atoms with Crippen LogP contribution in [0.4, 0.5) is 0 Å². The van der Waals surface area contributed by atoms with Gasteiger partial charge in [-0.25, -0.2) is 0 Å². The Labute approximate surface area is 78.6 Å². The van der Waals surface area contributed by atoms with Crippen molar-refractivity contribution in [2.24, 2.45) is 0 Å². The summed E-state index contributed by atoms with van der Waals surface area (Å²) in [4.78, 5) is 9.00. The van der Waals surface area contributed by atoms with Crippen LogP contribution >= 0.6 is 0 Å². The molecule has 0 bridgehead atoms. The van der Waals surface area contributed by atoms with Crippen LogP contribution in [0.5, 0.6) is 0 Å². The zero-order chi connectivity index (χ0) is 7.82. The van der Waals surface area contributed by atoms with Crippen molar-refractivity contribution >= 4 is 5.97 Å². The summed E-state index contributed by atoms with van der Waals surface area (Å²) in [6.45, 7) is 1.08. The van der Waals surface area contributed by atoms with Gasteiger partial charge in [-0.15, -0.1) is 0 Å². The Morgan fingerprint density at radius 3 is 1.73 bits per heavy atom. The molecule has 0 heterocycles. The molecular formula is C8H15CoO2-. The van der Waals surface area contributed by atoms with Gasteiger partial charge in [0, 0.05) is 23.7 Å². The van der Waals surface area contributed by atoms with E-state index in [1.807, 2.05) is 0 Å². The molecule has 1 aliphatic rings. The molecule has 0 aliphatic heterocycles. The summed E-state index contributed by atoms with van der Waals surface area (Å²) in [5.41, 5.74) is 0. The number of carboxylic acids is 1. The van der Waals surface area contributed by atoms with Crippen molar-refractivity contribution in [2.75, 3.05) is 0 Å². The quantitative estimate of drug-likeness (QED) is 0.611. The van der Waals surface area contributed by atoms with E-state index in [0.717, 1.165) is 6.92 Å². The average Bonchev–Trinajstić information content (AvgIpc) is 1.90. The number of carbonyl (C=O) groups is 1. The Morgan fingerprint density at radius 2 is 1.64 bits per heavy atom. The number of hydrogen-bond donors (Lipinski definition) is 1. The van der Waals surface area contributed by atoms with Gasteiger partial charge >= 0.3 is 0 Å². The van der Waals surface area contributed by atoms with Gasteiger partial charge in [0.15, 0.2) is 0 Å². The van der Waals surface area contributed by atoms with E-state index >= 15 is 0 Å². The Kier molecular flexibility index (Phi) is 12.3. The molecule has 69 valence electrons. The van der Waals surface area contributed by atoms with Gasteiger partial charge in [0.05, 0.1) is 0 Å². The molecule has 0 aromatic heterocycles. The van der Waals surface area contributed by atoms with E-state index < -0.39 is 5.97 Å². The van der Waals surface area contributed by atoms with Gasteiger partial charge in [-0.05, 0) is 0 Å². The van der Waals surface area contributed by atoms with Gasteiger partial charge in [0.2, 0.25) is 0 Å². The predicted molar refractivity (Wildman–Crippen MR) is 40.7 cm³/mol. The van der Waals surface area contributed by atoms with Crippen molar-refractivity contribution in [1.82, 2.24) is 0 Å². The first-order chi connectivity index (χ1) is 4.73. The second-order valence-electron chi connectivity index (χ2n) is 2.45. The first-order valence-electron chi connectivity index (χ1n) is 3.74. The van der Waals surface area contributed by atoms with Gasteiger partial charge in [0.1, 0.15) is 0 Å². The number of hydrogen-bond acceptors (Lipinski definition) is 1. The fourth-order valence-corrected chi connectivity index (χ4v) is 0.898. The van der Waals surface area contributed by atoms with Crippen LogP contribution in [0.2, 0.25) is 0 Å². The summed E-state index contributed by atoms with van der Waals surface area (Å²) < 4.78 is 0. The third-order valence-corrected chi connectivity index (χ3v) is 1.32. The normalized spacial score (nSPS) is 15.4. The summed E-state index contributed by atoms with van der Waals surface area (Å²) in [5, 5.41) is 7.42. The molecule has 11 heavy (non-hydrogen) atoms. The maximum Gasteiger partial charge on any atom is 0.300 e. The third-order valence-electron chi connectivity index (χ3n) is 1.32. The first-order valence-corrected chi connectivity index (χ1v) is 3.74. The minimum atomic E-state index is -0.833. The molecule has 0 amide bonds. The second kappa shape index (κ2) is 9.98. The zero-order valence-electron chi connectivity index (χ0n) is 6.80. The van der Waals surface area contributed by atoms with Gasteiger partial charge in [-0.3, -0.25) is 4.79 Å². The van der Waals surface area contributed by atoms with E-state index in [4.69, 9.17) is 9.90 Å². The minimum Gasteiger partial charge on any atom is -0.481 e. The molecule has 3 heteroatoms. The van der Waals surface area contributed by atoms with Gasteiger partial charge < -0.3 is 11.5 Å². The summed E-state index contributed by atoms with van der Waals surface area (Å²) in [5.74, 6) is -0.833. The summed E-state index contributed by atoms with van der Waals surface area (Å²) in [7, 11) is 0. The summed E-state index contributed by atoms with van der Waals surface area (Å²) in [6, 6.07) is 0. The van der Waals surface area contributed by atoms with Crippen LogP contribution in [-0.2, 0) is 21.6 Å². The summed E-state index contributed by atoms with van der Waals surface area (Å²) >= 11 is 0. The number of aliphatic carboxylic acids is 1. The van der Waals surface area contributed by atoms with Crippen molar-refractivity contribution in [1.29, 1.82) is 0 Å². The van der Waals surface area contributed by atoms with Crippen LogP contribution in [-0.4, -0.2) is 11.1 Å². The zero-order valence-corrected chi connectivity index (χ0v) is 7.84. The fourth-order valence-electron chi connectivity index (χ4n) is 0.898. The van der Waals surface area contributed by atoms with Gasteiger partial charge in [-0.1, -0.05) is 19.3 Å². The Balaban J connectivity index is 0. The molecule has 0 spiro atoms. The van der Waals surface area contributed by atoms with Crippen LogP contribution in [0.1, 0.15) is 39.0 Å². The van der Waals surface area contributed by atoms with Crippen LogP contribution in [0.15, 0.2) is 0 Å². The van der Waals surface area contributed by atoms with Crippen molar-refractivity contribution in [2.45, 2.75) is 39.0 Å². The third kappa shape index (κ3) is 17.8. The molecule has 1 aliphatic carbocycles. The minimum absolute atomic E-state index is 0. The Morgan fingerprint density at radius 1 is 1.27 bits per heavy atom. The molecule has 1 N–H and O–H groups in total. The van der Waals surface area contributed by atoms with Crippen LogP contribution in [0.25, 0.3) is 0 Å². The van der Waals surface area contributed by atoms with Crippen molar-refractivity contribution in [3.05, 3.63) is 6.42 Å². The molecule has 0 unspecified atom stereocenters. The standard InChI is InChI=1S/C6H11.C2H4O2.Co/c1-2-4-6-5-3-1;1-2(3)4;/h1H,2-6H2;1H3,(H,3,4);/q-1;;. The van der Waals surface area contributed by atoms with Crippen molar-refractivity contribution in [3.8, 4) is 0 Å². The molecule has 0 aromatic carbocycles. The Bertz CT molecular complexity index is 74.6. The van der Waals surface area contributed by atoms with Gasteiger partial charge in [0.25, 0.3) is 5.97 Å². The Hall–Kier alpha value is -0.0235. The molecular weight excluding hydrogens is 187 g/mol. The molecule has 0 aromatic rings. The van der Waals surface area contributed by atoms with Crippen LogP contribution in [0.3, 0.4) is 0 Å². The van der Waals surface area contributed by atoms with E-state index in [-0.39, 0.29) is 16.8 Å². The molecule has 2 nitrogen and oxygen atoms in total. The van der Waals surface area contributed by atoms with Gasteiger partial charge in [-0.2, -0.15) is 12.8 Å². The van der Waals surface area contributed by atoms with E-state index in [0.29, 0.717) is 0 Å². The van der Waals surface area contributed by atoms with Crippen LogP contribution < -0.4 is 0 Å². The smallest absolute Gasteiger partial charge is 0.300 e. The first kappa shape index (κ1) is 13.6. The van der Waals surface area contributed by atoms with E-state index in [9.17, 15) is 0 Å². The molecule has 0 atom stereocenters.